The van der Waals surface area contributed by atoms with Gasteiger partial charge in [0.25, 0.3) is 0 Å². The molecule has 17 heavy (non-hydrogen) atoms. The van der Waals surface area contributed by atoms with Crippen molar-refractivity contribution in [1.82, 2.24) is 0 Å². The van der Waals surface area contributed by atoms with Crippen molar-refractivity contribution < 1.29 is 0 Å². The molecule has 0 N–H and O–H groups in total. The highest BCUT2D eigenvalue weighted by atomic mass is 79.9. The van der Waals surface area contributed by atoms with Gasteiger partial charge in [-0.25, -0.2) is 0 Å². The summed E-state index contributed by atoms with van der Waals surface area (Å²) in [5, 5.41) is 0. The van der Waals surface area contributed by atoms with Gasteiger partial charge in [0.15, 0.2) is 0 Å². The van der Waals surface area contributed by atoms with Gasteiger partial charge >= 0.3 is 0 Å². The fourth-order valence-electron chi connectivity index (χ4n) is 2.03. The molecular formula is C14H19BrCl2. The van der Waals surface area contributed by atoms with Crippen LogP contribution in [0.5, 0.6) is 0 Å². The number of halogens is 3. The van der Waals surface area contributed by atoms with Crippen molar-refractivity contribution in [3.05, 3.63) is 34.3 Å². The van der Waals surface area contributed by atoms with Crippen molar-refractivity contribution in [3.63, 3.8) is 0 Å². The molecule has 0 saturated heterocycles. The Morgan fingerprint density at radius 3 is 2.12 bits per heavy atom. The average molecular weight is 338 g/mol. The van der Waals surface area contributed by atoms with Gasteiger partial charge in [-0.05, 0) is 30.0 Å². The van der Waals surface area contributed by atoms with Crippen molar-refractivity contribution >= 4 is 39.1 Å². The second-order valence-electron chi connectivity index (χ2n) is 4.77. The summed E-state index contributed by atoms with van der Waals surface area (Å²) in [6.07, 6.45) is 2.20. The fourth-order valence-corrected chi connectivity index (χ4v) is 3.11. The van der Waals surface area contributed by atoms with Gasteiger partial charge in [0, 0.05) is 21.6 Å². The molecule has 0 aliphatic carbocycles. The van der Waals surface area contributed by atoms with Crippen LogP contribution in [0, 0.1) is 5.92 Å². The van der Waals surface area contributed by atoms with Gasteiger partial charge in [0.1, 0.15) is 0 Å². The molecule has 0 nitrogen and oxygen atoms in total. The molecule has 0 amide bonds. The summed E-state index contributed by atoms with van der Waals surface area (Å²) in [6, 6.07) is 8.36. The van der Waals surface area contributed by atoms with Crippen molar-refractivity contribution in [1.29, 1.82) is 0 Å². The topological polar surface area (TPSA) is 0 Å². The second kappa shape index (κ2) is 7.01. The molecule has 0 aliphatic rings. The largest absolute Gasteiger partial charge is 0.126 e. The highest BCUT2D eigenvalue weighted by molar-refractivity contribution is 9.10. The molecule has 0 aromatic heterocycles. The molecule has 0 heterocycles. The van der Waals surface area contributed by atoms with E-state index < -0.39 is 0 Å². The molecule has 0 aliphatic heterocycles. The Hall–Kier alpha value is 0.280. The Kier molecular flexibility index (Phi) is 6.33. The van der Waals surface area contributed by atoms with Crippen molar-refractivity contribution in [3.8, 4) is 0 Å². The zero-order valence-electron chi connectivity index (χ0n) is 10.3. The monoisotopic (exact) mass is 336 g/mol. The van der Waals surface area contributed by atoms with E-state index in [9.17, 15) is 0 Å². The molecule has 3 heteroatoms. The van der Waals surface area contributed by atoms with Crippen LogP contribution in [0.3, 0.4) is 0 Å². The molecule has 0 fully saturated rings. The van der Waals surface area contributed by atoms with Crippen LogP contribution in [0.15, 0.2) is 28.7 Å². The maximum atomic E-state index is 6.20. The van der Waals surface area contributed by atoms with E-state index in [1.165, 1.54) is 5.56 Å². The summed E-state index contributed by atoms with van der Waals surface area (Å²) in [5.74, 6) is 1.78. The molecule has 1 aromatic rings. The van der Waals surface area contributed by atoms with Gasteiger partial charge in [-0.3, -0.25) is 0 Å². The number of hydrogen-bond acceptors (Lipinski definition) is 0. The van der Waals surface area contributed by atoms with Crippen LogP contribution in [0.25, 0.3) is 0 Å². The summed E-state index contributed by atoms with van der Waals surface area (Å²) in [6.45, 7) is 4.46. The van der Waals surface area contributed by atoms with Gasteiger partial charge in [-0.1, -0.05) is 48.3 Å². The standard InChI is InChI=1S/C14H19BrCl2/c1-3-11(2)8-14(9-16,10-17)12-4-6-13(15)7-5-12/h4-7,11H,3,8-10H2,1-2H3. The molecule has 1 rings (SSSR count). The number of benzene rings is 1. The lowest BCUT2D eigenvalue weighted by atomic mass is 9.76. The lowest BCUT2D eigenvalue weighted by molar-refractivity contribution is 0.380. The third-order valence-electron chi connectivity index (χ3n) is 3.40. The lowest BCUT2D eigenvalue weighted by Crippen LogP contribution is -2.32. The molecule has 0 saturated carbocycles. The Bertz CT molecular complexity index is 331. The summed E-state index contributed by atoms with van der Waals surface area (Å²) in [4.78, 5) is 0. The maximum Gasteiger partial charge on any atom is 0.0332 e. The zero-order valence-corrected chi connectivity index (χ0v) is 13.4. The molecule has 96 valence electrons. The van der Waals surface area contributed by atoms with Gasteiger partial charge in [0.05, 0.1) is 0 Å². The molecule has 1 atom stereocenters. The molecule has 0 spiro atoms. The first-order valence-electron chi connectivity index (χ1n) is 5.96. The smallest absolute Gasteiger partial charge is 0.0332 e. The summed E-state index contributed by atoms with van der Waals surface area (Å²) in [7, 11) is 0. The third-order valence-corrected chi connectivity index (χ3v) is 4.96. The lowest BCUT2D eigenvalue weighted by Gasteiger charge is -2.32. The highest BCUT2D eigenvalue weighted by Gasteiger charge is 2.31. The Labute approximate surface area is 123 Å². The van der Waals surface area contributed by atoms with Crippen molar-refractivity contribution in [2.24, 2.45) is 5.92 Å². The average Bonchev–Trinajstić information content (AvgIpc) is 2.37. The summed E-state index contributed by atoms with van der Waals surface area (Å²) < 4.78 is 1.09. The number of hydrogen-bond donors (Lipinski definition) is 0. The van der Waals surface area contributed by atoms with Crippen molar-refractivity contribution in [2.45, 2.75) is 32.1 Å². The minimum absolute atomic E-state index is 0.0980. The molecule has 1 unspecified atom stereocenters. The van der Waals surface area contributed by atoms with E-state index in [-0.39, 0.29) is 5.41 Å². The third kappa shape index (κ3) is 3.87. The highest BCUT2D eigenvalue weighted by Crippen LogP contribution is 2.35. The molecule has 0 bridgehead atoms. The first-order chi connectivity index (χ1) is 8.07. The summed E-state index contributed by atoms with van der Waals surface area (Å²) >= 11 is 15.9. The van der Waals surface area contributed by atoms with Crippen molar-refractivity contribution in [2.75, 3.05) is 11.8 Å². The first-order valence-corrected chi connectivity index (χ1v) is 7.82. The van der Waals surface area contributed by atoms with E-state index in [0.717, 1.165) is 17.3 Å². The van der Waals surface area contributed by atoms with E-state index >= 15 is 0 Å². The molecule has 0 radical (unpaired) electrons. The normalized spacial score (nSPS) is 13.7. The SMILES string of the molecule is CCC(C)CC(CCl)(CCl)c1ccc(Br)cc1. The first kappa shape index (κ1) is 15.3. The van der Waals surface area contributed by atoms with Crippen LogP contribution in [0.1, 0.15) is 32.3 Å². The van der Waals surface area contributed by atoms with Gasteiger partial charge in [0.2, 0.25) is 0 Å². The maximum absolute atomic E-state index is 6.20. The quantitative estimate of drug-likeness (QED) is 0.592. The molecular weight excluding hydrogens is 319 g/mol. The van der Waals surface area contributed by atoms with Crippen LogP contribution in [0.2, 0.25) is 0 Å². The number of rotatable bonds is 6. The number of alkyl halides is 2. The van der Waals surface area contributed by atoms with Crippen LogP contribution >= 0.6 is 39.1 Å². The van der Waals surface area contributed by atoms with Crippen LogP contribution in [0.4, 0.5) is 0 Å². The van der Waals surface area contributed by atoms with E-state index in [2.05, 4.69) is 54.0 Å². The summed E-state index contributed by atoms with van der Waals surface area (Å²) in [5.41, 5.74) is 1.14. The molecule has 1 aromatic carbocycles. The van der Waals surface area contributed by atoms with Crippen LogP contribution < -0.4 is 0 Å². The van der Waals surface area contributed by atoms with Gasteiger partial charge in [-0.2, -0.15) is 0 Å². The fraction of sp³-hybridized carbons (Fsp3) is 0.571. The Morgan fingerprint density at radius 2 is 1.71 bits per heavy atom. The van der Waals surface area contributed by atoms with E-state index in [1.54, 1.807) is 0 Å². The predicted octanol–water partition coefficient (Wildman–Crippen LogP) is 5.60. The van der Waals surface area contributed by atoms with Gasteiger partial charge < -0.3 is 0 Å². The predicted molar refractivity (Wildman–Crippen MR) is 81.3 cm³/mol. The van der Waals surface area contributed by atoms with E-state index in [0.29, 0.717) is 17.7 Å². The zero-order chi connectivity index (χ0) is 12.9. The van der Waals surface area contributed by atoms with Crippen LogP contribution in [-0.2, 0) is 5.41 Å². The Balaban J connectivity index is 3.01. The minimum atomic E-state index is -0.0980. The second-order valence-corrected chi connectivity index (χ2v) is 6.22. The van der Waals surface area contributed by atoms with E-state index in [4.69, 9.17) is 23.2 Å². The van der Waals surface area contributed by atoms with E-state index in [1.807, 2.05) is 0 Å². The van der Waals surface area contributed by atoms with Crippen LogP contribution in [-0.4, -0.2) is 11.8 Å². The minimum Gasteiger partial charge on any atom is -0.126 e. The van der Waals surface area contributed by atoms with Gasteiger partial charge in [-0.15, -0.1) is 23.2 Å². The Morgan fingerprint density at radius 1 is 1.18 bits per heavy atom.